The lowest BCUT2D eigenvalue weighted by Crippen LogP contribution is -2.27. The Balaban J connectivity index is 2.25. The summed E-state index contributed by atoms with van der Waals surface area (Å²) in [6, 6.07) is 0. The monoisotopic (exact) mass is 259 g/mol. The Kier molecular flexibility index (Phi) is 2.32. The summed E-state index contributed by atoms with van der Waals surface area (Å²) in [5, 5.41) is 12.1. The number of hydrogen-bond acceptors (Lipinski definition) is 4. The molecule has 0 radical (unpaired) electrons. The molecule has 2 rings (SSSR count). The second-order valence-electron chi connectivity index (χ2n) is 3.46. The summed E-state index contributed by atoms with van der Waals surface area (Å²) >= 11 is 3.14. The topological polar surface area (TPSA) is 78.0 Å². The number of H-pyrrole nitrogens is 1. The van der Waals surface area contributed by atoms with Gasteiger partial charge in [-0.25, -0.2) is 4.98 Å². The summed E-state index contributed by atoms with van der Waals surface area (Å²) in [6.45, 7) is 0.0634. The van der Waals surface area contributed by atoms with Crippen molar-refractivity contribution in [1.29, 1.82) is 0 Å². The first-order valence-corrected chi connectivity index (χ1v) is 5.08. The quantitative estimate of drug-likeness (QED) is 0.738. The summed E-state index contributed by atoms with van der Waals surface area (Å²) in [7, 11) is 0. The average Bonchev–Trinajstić information content (AvgIpc) is 2.94. The maximum atomic E-state index is 11.2. The van der Waals surface area contributed by atoms with E-state index in [2.05, 4.69) is 31.2 Å². The van der Waals surface area contributed by atoms with E-state index in [9.17, 15) is 4.79 Å². The second kappa shape index (κ2) is 3.36. The Morgan fingerprint density at radius 1 is 1.71 bits per heavy atom. The van der Waals surface area contributed by atoms with Gasteiger partial charge in [-0.3, -0.25) is 4.79 Å². The molecule has 1 saturated carbocycles. The van der Waals surface area contributed by atoms with Crippen LogP contribution in [0.4, 0.5) is 5.82 Å². The first-order valence-electron chi connectivity index (χ1n) is 4.29. The number of rotatable bonds is 3. The van der Waals surface area contributed by atoms with Gasteiger partial charge in [-0.05, 0) is 28.8 Å². The van der Waals surface area contributed by atoms with E-state index in [1.165, 1.54) is 6.33 Å². The van der Waals surface area contributed by atoms with E-state index >= 15 is 0 Å². The van der Waals surface area contributed by atoms with Crippen LogP contribution in [0.25, 0.3) is 0 Å². The molecule has 5 nitrogen and oxygen atoms in total. The van der Waals surface area contributed by atoms with Crippen molar-refractivity contribution in [3.8, 4) is 0 Å². The van der Waals surface area contributed by atoms with Crippen LogP contribution in [-0.4, -0.2) is 27.2 Å². The van der Waals surface area contributed by atoms with Gasteiger partial charge in [0.25, 0.3) is 5.56 Å². The zero-order valence-electron chi connectivity index (χ0n) is 7.38. The van der Waals surface area contributed by atoms with Crippen LogP contribution in [0.15, 0.2) is 15.6 Å². The van der Waals surface area contributed by atoms with Crippen molar-refractivity contribution >= 4 is 21.7 Å². The smallest absolute Gasteiger partial charge is 0.267 e. The molecular formula is C8H10BrN3O2. The van der Waals surface area contributed by atoms with E-state index in [0.717, 1.165) is 12.8 Å². The molecule has 1 aliphatic rings. The average molecular weight is 260 g/mol. The van der Waals surface area contributed by atoms with Crippen molar-refractivity contribution in [3.63, 3.8) is 0 Å². The molecule has 76 valence electrons. The maximum absolute atomic E-state index is 11.2. The maximum Gasteiger partial charge on any atom is 0.267 e. The van der Waals surface area contributed by atoms with Crippen LogP contribution in [0.5, 0.6) is 0 Å². The molecule has 1 fully saturated rings. The fraction of sp³-hybridized carbons (Fsp3) is 0.500. The Hall–Kier alpha value is -0.880. The molecule has 3 N–H and O–H groups in total. The van der Waals surface area contributed by atoms with Crippen molar-refractivity contribution in [1.82, 2.24) is 9.97 Å². The van der Waals surface area contributed by atoms with Gasteiger partial charge in [0.05, 0.1) is 18.5 Å². The number of halogens is 1. The fourth-order valence-corrected chi connectivity index (χ4v) is 1.51. The first kappa shape index (κ1) is 9.67. The van der Waals surface area contributed by atoms with Gasteiger partial charge in [0, 0.05) is 0 Å². The second-order valence-corrected chi connectivity index (χ2v) is 4.25. The van der Waals surface area contributed by atoms with Crippen molar-refractivity contribution in [2.24, 2.45) is 0 Å². The SMILES string of the molecule is O=c1[nH]cnc(NC2(CO)CC2)c1Br. The zero-order valence-corrected chi connectivity index (χ0v) is 8.97. The van der Waals surface area contributed by atoms with Gasteiger partial charge in [0.1, 0.15) is 10.3 Å². The highest BCUT2D eigenvalue weighted by molar-refractivity contribution is 9.10. The van der Waals surface area contributed by atoms with Crippen LogP contribution in [0.2, 0.25) is 0 Å². The number of nitrogens with zero attached hydrogens (tertiary/aromatic N) is 1. The van der Waals surface area contributed by atoms with Gasteiger partial charge < -0.3 is 15.4 Å². The highest BCUT2D eigenvalue weighted by atomic mass is 79.9. The Bertz CT molecular complexity index is 400. The van der Waals surface area contributed by atoms with Crippen LogP contribution in [0, 0.1) is 0 Å². The number of aromatic amines is 1. The minimum atomic E-state index is -0.261. The van der Waals surface area contributed by atoms with Crippen molar-refractivity contribution in [2.45, 2.75) is 18.4 Å². The number of aliphatic hydroxyl groups excluding tert-OH is 1. The van der Waals surface area contributed by atoms with E-state index in [-0.39, 0.29) is 17.7 Å². The fourth-order valence-electron chi connectivity index (χ4n) is 1.19. The van der Waals surface area contributed by atoms with E-state index in [1.807, 2.05) is 0 Å². The normalized spacial score (nSPS) is 17.9. The first-order chi connectivity index (χ1) is 6.67. The molecule has 1 aliphatic carbocycles. The van der Waals surface area contributed by atoms with Crippen LogP contribution in [0.3, 0.4) is 0 Å². The molecule has 0 unspecified atom stereocenters. The van der Waals surface area contributed by atoms with E-state index in [1.54, 1.807) is 0 Å². The van der Waals surface area contributed by atoms with Crippen molar-refractivity contribution in [2.75, 3.05) is 11.9 Å². The van der Waals surface area contributed by atoms with Crippen molar-refractivity contribution < 1.29 is 5.11 Å². The molecule has 0 spiro atoms. The summed E-state index contributed by atoms with van der Waals surface area (Å²) in [6.07, 6.45) is 3.15. The molecule has 0 bridgehead atoms. The van der Waals surface area contributed by atoms with E-state index in [4.69, 9.17) is 5.11 Å². The molecule has 1 aromatic heterocycles. The number of aromatic nitrogens is 2. The molecule has 0 saturated heterocycles. The highest BCUT2D eigenvalue weighted by Gasteiger charge is 2.42. The number of hydrogen-bond donors (Lipinski definition) is 3. The van der Waals surface area contributed by atoms with Crippen molar-refractivity contribution in [3.05, 3.63) is 21.2 Å². The third-order valence-corrected chi connectivity index (χ3v) is 3.07. The Morgan fingerprint density at radius 3 is 3.00 bits per heavy atom. The number of nitrogens with one attached hydrogen (secondary N) is 2. The largest absolute Gasteiger partial charge is 0.394 e. The third kappa shape index (κ3) is 1.67. The summed E-state index contributed by atoms with van der Waals surface area (Å²) < 4.78 is 0.375. The molecule has 1 heterocycles. The predicted molar refractivity (Wildman–Crippen MR) is 55.2 cm³/mol. The molecule has 1 aromatic rings. The molecule has 0 amide bonds. The predicted octanol–water partition coefficient (Wildman–Crippen LogP) is 0.469. The Labute approximate surface area is 88.7 Å². The standard InChI is InChI=1S/C8H10BrN3O2/c9-5-6(10-4-11-7(5)14)12-8(3-13)1-2-8/h4,13H,1-3H2,(H2,10,11,12,14). The van der Waals surface area contributed by atoms with Crippen LogP contribution < -0.4 is 10.9 Å². The van der Waals surface area contributed by atoms with Gasteiger partial charge in [0.2, 0.25) is 0 Å². The minimum absolute atomic E-state index is 0.0634. The highest BCUT2D eigenvalue weighted by Crippen LogP contribution is 2.38. The molecular weight excluding hydrogens is 250 g/mol. The lowest BCUT2D eigenvalue weighted by Gasteiger charge is -2.15. The summed E-state index contributed by atoms with van der Waals surface area (Å²) in [5.74, 6) is 0.486. The van der Waals surface area contributed by atoms with Gasteiger partial charge in [0.15, 0.2) is 0 Å². The molecule has 0 aliphatic heterocycles. The molecule has 14 heavy (non-hydrogen) atoms. The van der Waals surface area contributed by atoms with Gasteiger partial charge >= 0.3 is 0 Å². The number of aliphatic hydroxyl groups is 1. The molecule has 6 heteroatoms. The van der Waals surface area contributed by atoms with Gasteiger partial charge in [-0.15, -0.1) is 0 Å². The van der Waals surface area contributed by atoms with Gasteiger partial charge in [-0.1, -0.05) is 0 Å². The van der Waals surface area contributed by atoms with Gasteiger partial charge in [-0.2, -0.15) is 0 Å². The summed E-state index contributed by atoms with van der Waals surface area (Å²) in [5.41, 5.74) is -0.486. The minimum Gasteiger partial charge on any atom is -0.394 e. The molecule has 0 aromatic carbocycles. The van der Waals surface area contributed by atoms with E-state index < -0.39 is 0 Å². The lowest BCUT2D eigenvalue weighted by atomic mass is 10.3. The van der Waals surface area contributed by atoms with Crippen LogP contribution in [-0.2, 0) is 0 Å². The lowest BCUT2D eigenvalue weighted by molar-refractivity contribution is 0.266. The molecule has 0 atom stereocenters. The Morgan fingerprint density at radius 2 is 2.43 bits per heavy atom. The van der Waals surface area contributed by atoms with Crippen LogP contribution in [0.1, 0.15) is 12.8 Å². The third-order valence-electron chi connectivity index (χ3n) is 2.34. The van der Waals surface area contributed by atoms with E-state index in [0.29, 0.717) is 10.3 Å². The number of anilines is 1. The summed E-state index contributed by atoms with van der Waals surface area (Å²) in [4.78, 5) is 17.6. The zero-order chi connectivity index (χ0) is 10.2. The van der Waals surface area contributed by atoms with Crippen LogP contribution >= 0.6 is 15.9 Å².